The van der Waals surface area contributed by atoms with E-state index in [4.69, 9.17) is 0 Å². The lowest BCUT2D eigenvalue weighted by Gasteiger charge is -2.32. The van der Waals surface area contributed by atoms with Crippen LogP contribution in [0.15, 0.2) is 18.2 Å². The lowest BCUT2D eigenvalue weighted by atomic mass is 9.80. The van der Waals surface area contributed by atoms with Gasteiger partial charge in [-0.25, -0.2) is 0 Å². The topological polar surface area (TPSA) is 32.3 Å². The van der Waals surface area contributed by atoms with E-state index in [9.17, 15) is 5.11 Å². The van der Waals surface area contributed by atoms with Gasteiger partial charge in [-0.2, -0.15) is 0 Å². The molecule has 1 atom stereocenters. The summed E-state index contributed by atoms with van der Waals surface area (Å²) in [5.41, 5.74) is 3.00. The molecule has 1 fully saturated rings. The summed E-state index contributed by atoms with van der Waals surface area (Å²) in [6.45, 7) is 9.39. The molecule has 0 radical (unpaired) electrons. The van der Waals surface area contributed by atoms with E-state index in [2.05, 4.69) is 51.2 Å². The third kappa shape index (κ3) is 2.85. The molecule has 2 rings (SSSR count). The van der Waals surface area contributed by atoms with E-state index in [1.165, 1.54) is 11.1 Å². The smallest absolute Gasteiger partial charge is 0.105 e. The second kappa shape index (κ2) is 4.92. The zero-order valence-electron chi connectivity index (χ0n) is 12.9. The number of aryl methyl sites for hydroxylation is 1. The van der Waals surface area contributed by atoms with E-state index in [1.807, 2.05) is 7.05 Å². The Morgan fingerprint density at radius 3 is 2.37 bits per heavy atom. The first kappa shape index (κ1) is 14.5. The molecular weight excluding hydrogens is 234 g/mol. The van der Waals surface area contributed by atoms with Gasteiger partial charge in [-0.15, -0.1) is 0 Å². The van der Waals surface area contributed by atoms with Gasteiger partial charge in [-0.05, 0) is 54.8 Å². The molecule has 0 heterocycles. The average Bonchev–Trinajstić information content (AvgIpc) is 3.12. The van der Waals surface area contributed by atoms with E-state index in [-0.39, 0.29) is 5.41 Å². The van der Waals surface area contributed by atoms with Crippen molar-refractivity contribution in [1.82, 2.24) is 5.32 Å². The second-order valence-electron chi connectivity index (χ2n) is 7.01. The van der Waals surface area contributed by atoms with Gasteiger partial charge in [0.2, 0.25) is 0 Å². The van der Waals surface area contributed by atoms with Gasteiger partial charge in [0.25, 0.3) is 0 Å². The average molecular weight is 261 g/mol. The van der Waals surface area contributed by atoms with Gasteiger partial charge in [-0.1, -0.05) is 39.0 Å². The van der Waals surface area contributed by atoms with Crippen LogP contribution in [0.4, 0.5) is 0 Å². The Labute approximate surface area is 117 Å². The lowest BCUT2D eigenvalue weighted by molar-refractivity contribution is 0.0146. The molecule has 0 spiro atoms. The Bertz CT molecular complexity index is 457. The van der Waals surface area contributed by atoms with Gasteiger partial charge in [0.05, 0.1) is 0 Å². The fourth-order valence-electron chi connectivity index (χ4n) is 2.84. The first-order valence-electron chi connectivity index (χ1n) is 7.27. The van der Waals surface area contributed by atoms with Crippen molar-refractivity contribution >= 4 is 0 Å². The van der Waals surface area contributed by atoms with Crippen molar-refractivity contribution in [3.63, 3.8) is 0 Å². The number of nitrogens with one attached hydrogen (secondary N) is 1. The minimum absolute atomic E-state index is 0.118. The monoisotopic (exact) mass is 261 g/mol. The van der Waals surface area contributed by atoms with Gasteiger partial charge in [-0.3, -0.25) is 0 Å². The van der Waals surface area contributed by atoms with E-state index in [0.29, 0.717) is 12.5 Å². The molecule has 19 heavy (non-hydrogen) atoms. The predicted octanol–water partition coefficient (Wildman–Crippen LogP) is 3.11. The van der Waals surface area contributed by atoms with Crippen LogP contribution >= 0.6 is 0 Å². The molecule has 1 aromatic rings. The number of hydrogen-bond acceptors (Lipinski definition) is 2. The molecule has 2 N–H and O–H groups in total. The van der Waals surface area contributed by atoms with Crippen LogP contribution in [0.1, 0.15) is 50.3 Å². The summed E-state index contributed by atoms with van der Waals surface area (Å²) in [4.78, 5) is 0. The molecule has 1 aromatic carbocycles. The zero-order chi connectivity index (χ0) is 14.3. The highest BCUT2D eigenvalue weighted by molar-refractivity contribution is 5.39. The van der Waals surface area contributed by atoms with E-state index in [1.54, 1.807) is 0 Å². The normalized spacial score (nSPS) is 19.3. The maximum absolute atomic E-state index is 11.1. The van der Waals surface area contributed by atoms with Crippen LogP contribution in [0.2, 0.25) is 0 Å². The second-order valence-corrected chi connectivity index (χ2v) is 7.01. The molecule has 2 heteroatoms. The van der Waals surface area contributed by atoms with Crippen LogP contribution in [0.3, 0.4) is 0 Å². The highest BCUT2D eigenvalue weighted by atomic mass is 16.3. The Morgan fingerprint density at radius 1 is 1.26 bits per heavy atom. The summed E-state index contributed by atoms with van der Waals surface area (Å²) in [6, 6.07) is 6.55. The summed E-state index contributed by atoms with van der Waals surface area (Å²) in [5.74, 6) is 0.411. The minimum Gasteiger partial charge on any atom is -0.384 e. The first-order valence-corrected chi connectivity index (χ1v) is 7.27. The van der Waals surface area contributed by atoms with Crippen molar-refractivity contribution in [2.45, 2.75) is 51.6 Å². The van der Waals surface area contributed by atoms with Crippen molar-refractivity contribution in [2.24, 2.45) is 5.92 Å². The molecule has 2 nitrogen and oxygen atoms in total. The summed E-state index contributed by atoms with van der Waals surface area (Å²) in [5, 5.41) is 14.3. The predicted molar refractivity (Wildman–Crippen MR) is 80.4 cm³/mol. The summed E-state index contributed by atoms with van der Waals surface area (Å²) in [7, 11) is 1.91. The maximum atomic E-state index is 11.1. The molecule has 1 aliphatic carbocycles. The molecule has 0 saturated heterocycles. The first-order chi connectivity index (χ1) is 8.79. The van der Waals surface area contributed by atoms with Crippen LogP contribution in [0.25, 0.3) is 0 Å². The number of benzene rings is 1. The third-order valence-electron chi connectivity index (χ3n) is 4.27. The van der Waals surface area contributed by atoms with Crippen LogP contribution in [0.5, 0.6) is 0 Å². The molecular formula is C17H27NO. The highest BCUT2D eigenvalue weighted by Crippen LogP contribution is 2.46. The fourth-order valence-corrected chi connectivity index (χ4v) is 2.84. The molecule has 0 aliphatic heterocycles. The zero-order valence-corrected chi connectivity index (χ0v) is 12.9. The Morgan fingerprint density at radius 2 is 1.89 bits per heavy atom. The van der Waals surface area contributed by atoms with Crippen molar-refractivity contribution in [2.75, 3.05) is 13.6 Å². The van der Waals surface area contributed by atoms with Gasteiger partial charge >= 0.3 is 0 Å². The number of hydrogen-bond donors (Lipinski definition) is 2. The fraction of sp³-hybridized carbons (Fsp3) is 0.647. The SMILES string of the molecule is CNCC(O)(c1cc(C(C)(C)C)ccc1C)C1CC1. The maximum Gasteiger partial charge on any atom is 0.105 e. The van der Waals surface area contributed by atoms with Crippen LogP contribution < -0.4 is 5.32 Å². The van der Waals surface area contributed by atoms with Gasteiger partial charge in [0.1, 0.15) is 5.60 Å². The van der Waals surface area contributed by atoms with E-state index in [0.717, 1.165) is 18.4 Å². The number of aliphatic hydroxyl groups is 1. The van der Waals surface area contributed by atoms with Crippen LogP contribution in [0, 0.1) is 12.8 Å². The molecule has 1 saturated carbocycles. The standard InChI is InChI=1S/C17H27NO/c1-12-6-7-14(16(2,3)4)10-15(12)17(19,11-18-5)13-8-9-13/h6-7,10,13,18-19H,8-9,11H2,1-5H3. The third-order valence-corrected chi connectivity index (χ3v) is 4.27. The van der Waals surface area contributed by atoms with Crippen molar-refractivity contribution in [3.8, 4) is 0 Å². The molecule has 1 unspecified atom stereocenters. The molecule has 1 aliphatic rings. The van der Waals surface area contributed by atoms with Crippen molar-refractivity contribution in [1.29, 1.82) is 0 Å². The van der Waals surface area contributed by atoms with Gasteiger partial charge in [0, 0.05) is 6.54 Å². The van der Waals surface area contributed by atoms with E-state index >= 15 is 0 Å². The van der Waals surface area contributed by atoms with Crippen LogP contribution in [-0.4, -0.2) is 18.7 Å². The summed E-state index contributed by atoms with van der Waals surface area (Å²) < 4.78 is 0. The number of likely N-dealkylation sites (N-methyl/N-ethyl adjacent to an activating group) is 1. The highest BCUT2D eigenvalue weighted by Gasteiger charge is 2.45. The quantitative estimate of drug-likeness (QED) is 0.873. The van der Waals surface area contributed by atoms with Crippen LogP contribution in [-0.2, 0) is 11.0 Å². The Kier molecular flexibility index (Phi) is 3.76. The molecule has 106 valence electrons. The minimum atomic E-state index is -0.708. The largest absolute Gasteiger partial charge is 0.384 e. The van der Waals surface area contributed by atoms with E-state index < -0.39 is 5.60 Å². The summed E-state index contributed by atoms with van der Waals surface area (Å²) in [6.07, 6.45) is 2.27. The Hall–Kier alpha value is -0.860. The lowest BCUT2D eigenvalue weighted by Crippen LogP contribution is -2.39. The number of rotatable bonds is 4. The van der Waals surface area contributed by atoms with Gasteiger partial charge < -0.3 is 10.4 Å². The van der Waals surface area contributed by atoms with Gasteiger partial charge in [0.15, 0.2) is 0 Å². The molecule has 0 amide bonds. The van der Waals surface area contributed by atoms with Crippen molar-refractivity contribution < 1.29 is 5.11 Å². The van der Waals surface area contributed by atoms with Crippen molar-refractivity contribution in [3.05, 3.63) is 34.9 Å². The molecule has 0 bridgehead atoms. The summed E-state index contributed by atoms with van der Waals surface area (Å²) >= 11 is 0. The Balaban J connectivity index is 2.47. The molecule has 0 aromatic heterocycles.